The van der Waals surface area contributed by atoms with Crippen LogP contribution in [0.25, 0.3) is 0 Å². The zero-order valence-electron chi connectivity index (χ0n) is 6.29. The van der Waals surface area contributed by atoms with Crippen LogP contribution < -0.4 is 0 Å². The zero-order valence-corrected chi connectivity index (χ0v) is 6.29. The highest BCUT2D eigenvalue weighted by Gasteiger charge is 1.94. The fraction of sp³-hybridized carbons (Fsp3) is 0.222. The molecule has 1 heteroatoms. The minimum absolute atomic E-state index is 0.845. The van der Waals surface area contributed by atoms with Crippen LogP contribution in [-0.4, -0.2) is 18.0 Å². The van der Waals surface area contributed by atoms with Crippen molar-refractivity contribution in [1.29, 1.82) is 0 Å². The molecular weight excluding hydrogens is 124 g/mol. The van der Waals surface area contributed by atoms with Crippen molar-refractivity contribution >= 4 is 0 Å². The van der Waals surface area contributed by atoms with Crippen molar-refractivity contribution in [2.45, 2.75) is 0 Å². The molecule has 0 aliphatic heterocycles. The first-order chi connectivity index (χ1) is 4.85. The van der Waals surface area contributed by atoms with Gasteiger partial charge in [-0.1, -0.05) is 18.2 Å². The van der Waals surface area contributed by atoms with E-state index in [4.69, 9.17) is 0 Å². The molecular formula is C9H14N. The van der Waals surface area contributed by atoms with E-state index in [1.165, 1.54) is 0 Å². The maximum atomic E-state index is 3.63. The monoisotopic (exact) mass is 138 g/mol. The van der Waals surface area contributed by atoms with Gasteiger partial charge < -0.3 is 0 Å². The lowest BCUT2D eigenvalue weighted by Gasteiger charge is -2.14. The Balaban J connectivity index is 3.58. The van der Waals surface area contributed by atoms with E-state index in [1.807, 2.05) is 18.7 Å². The number of hydrogen-bond donors (Lipinski definition) is 0. The molecule has 55 valence electrons. The third-order valence-electron chi connectivity index (χ3n) is 1.04. The van der Waals surface area contributed by atoms with Crippen LogP contribution in [0.1, 0.15) is 0 Å². The molecule has 0 aromatic heterocycles. The van der Waals surface area contributed by atoms with Gasteiger partial charge in [-0.3, -0.25) is 4.90 Å². The quantitative estimate of drug-likeness (QED) is 0.507. The molecule has 0 spiro atoms. The normalized spacial score (nSPS) is 9.30. The molecule has 10 heavy (non-hydrogen) atoms. The molecule has 1 nitrogen and oxygen atoms in total. The Bertz CT molecular complexity index is 92.1. The Hall–Kier alpha value is -0.820. The first kappa shape index (κ1) is 9.18. The van der Waals surface area contributed by atoms with Crippen LogP contribution in [-0.2, 0) is 0 Å². The summed E-state index contributed by atoms with van der Waals surface area (Å²) in [4.78, 5) is 2.06. The molecule has 0 heterocycles. The van der Waals surface area contributed by atoms with E-state index in [0.717, 1.165) is 13.1 Å². The molecule has 0 unspecified atom stereocenters. The van der Waals surface area contributed by atoms with Crippen LogP contribution in [0.3, 0.4) is 0 Å². The second kappa shape index (κ2) is 6.30. The molecule has 0 bridgehead atoms. The second-order valence-corrected chi connectivity index (χ2v) is 1.92. The topological polar surface area (TPSA) is 3.24 Å². The summed E-state index contributed by atoms with van der Waals surface area (Å²) in [5, 5.41) is 0. The Kier molecular flexibility index (Phi) is 5.79. The summed E-state index contributed by atoms with van der Waals surface area (Å²) in [6, 6.07) is 0. The maximum absolute atomic E-state index is 3.63. The molecule has 0 rings (SSSR count). The molecule has 0 aliphatic carbocycles. The highest BCUT2D eigenvalue weighted by Crippen LogP contribution is 1.93. The highest BCUT2D eigenvalue weighted by molar-refractivity contribution is 4.92. The Morgan fingerprint density at radius 3 is 2.40 bits per heavy atom. The van der Waals surface area contributed by atoms with Crippen molar-refractivity contribution < 1.29 is 0 Å². The largest absolute Gasteiger partial charge is 0.288 e. The number of hydrogen-bond acceptors (Lipinski definition) is 1. The van der Waals surface area contributed by atoms with Crippen LogP contribution in [0.4, 0.5) is 0 Å². The van der Waals surface area contributed by atoms with Crippen LogP contribution in [0.5, 0.6) is 0 Å². The lowest BCUT2D eigenvalue weighted by Crippen LogP contribution is -2.19. The fourth-order valence-corrected chi connectivity index (χ4v) is 0.677. The third kappa shape index (κ3) is 4.10. The predicted molar refractivity (Wildman–Crippen MR) is 46.5 cm³/mol. The van der Waals surface area contributed by atoms with Gasteiger partial charge in [-0.15, -0.1) is 19.7 Å². The van der Waals surface area contributed by atoms with Crippen molar-refractivity contribution in [3.8, 4) is 0 Å². The van der Waals surface area contributed by atoms with E-state index in [2.05, 4.69) is 24.6 Å². The highest BCUT2D eigenvalue weighted by atomic mass is 15.5. The van der Waals surface area contributed by atoms with Gasteiger partial charge in [0.2, 0.25) is 0 Å². The first-order valence-corrected chi connectivity index (χ1v) is 3.27. The van der Waals surface area contributed by atoms with E-state index < -0.39 is 0 Å². The van der Waals surface area contributed by atoms with Gasteiger partial charge in [-0.05, 0) is 0 Å². The number of rotatable bonds is 6. The van der Waals surface area contributed by atoms with Crippen molar-refractivity contribution in [1.82, 2.24) is 4.90 Å². The summed E-state index contributed by atoms with van der Waals surface area (Å²) in [5.41, 5.74) is 0. The summed E-state index contributed by atoms with van der Waals surface area (Å²) in [5.74, 6) is 0. The van der Waals surface area contributed by atoms with Crippen molar-refractivity contribution in [3.63, 3.8) is 0 Å². The van der Waals surface area contributed by atoms with Gasteiger partial charge in [0.05, 0.1) is 0 Å². The van der Waals surface area contributed by atoms with E-state index in [0.29, 0.717) is 0 Å². The molecule has 0 amide bonds. The van der Waals surface area contributed by atoms with Gasteiger partial charge >= 0.3 is 0 Å². The summed E-state index contributed by atoms with van der Waals surface area (Å²) in [6.07, 6.45) is 5.46. The summed E-state index contributed by atoms with van der Waals surface area (Å²) < 4.78 is 0. The first-order valence-electron chi connectivity index (χ1n) is 3.27. The van der Waals surface area contributed by atoms with E-state index in [1.54, 1.807) is 6.08 Å². The van der Waals surface area contributed by atoms with Gasteiger partial charge in [0, 0.05) is 19.6 Å². The molecule has 0 N–H and O–H groups in total. The molecule has 0 saturated heterocycles. The lowest BCUT2D eigenvalue weighted by molar-refractivity contribution is 0.428. The number of nitrogens with zero attached hydrogens (tertiary/aromatic N) is 1. The van der Waals surface area contributed by atoms with Gasteiger partial charge in [0.1, 0.15) is 0 Å². The van der Waals surface area contributed by atoms with Gasteiger partial charge in [0.15, 0.2) is 0 Å². The maximum Gasteiger partial charge on any atom is 0.0474 e. The molecule has 1 radical (unpaired) electrons. The summed E-state index contributed by atoms with van der Waals surface area (Å²) in [7, 11) is 0. The van der Waals surface area contributed by atoms with E-state index in [-0.39, 0.29) is 0 Å². The smallest absolute Gasteiger partial charge is 0.0474 e. The lowest BCUT2D eigenvalue weighted by atomic mass is 10.5. The minimum Gasteiger partial charge on any atom is -0.288 e. The molecule has 0 aromatic rings. The average Bonchev–Trinajstić information content (AvgIpc) is 1.90. The van der Waals surface area contributed by atoms with E-state index >= 15 is 0 Å². The Labute approximate surface area is 63.3 Å². The second-order valence-electron chi connectivity index (χ2n) is 1.92. The molecule has 0 aromatic carbocycles. The SMILES string of the molecule is C=C[CH]N(CC=C)[14CH2]C=C. The van der Waals surface area contributed by atoms with Crippen LogP contribution in [0.15, 0.2) is 38.0 Å². The van der Waals surface area contributed by atoms with Gasteiger partial charge in [-0.2, -0.15) is 0 Å². The Morgan fingerprint density at radius 2 is 2.00 bits per heavy atom. The molecule has 0 fully saturated rings. The Morgan fingerprint density at radius 1 is 1.30 bits per heavy atom. The molecule has 0 aliphatic rings. The van der Waals surface area contributed by atoms with Gasteiger partial charge in [-0.25, -0.2) is 0 Å². The summed E-state index contributed by atoms with van der Waals surface area (Å²) in [6.45, 7) is 14.5. The fourth-order valence-electron chi connectivity index (χ4n) is 0.677. The standard InChI is InChI=1S/C9H14N/c1-4-7-10(8-5-2)9-6-3/h4-7H,1-3,8-9H2/i8+2. The average molecular weight is 138 g/mol. The van der Waals surface area contributed by atoms with Crippen LogP contribution in [0, 0.1) is 6.54 Å². The zero-order chi connectivity index (χ0) is 7.82. The molecule has 0 saturated carbocycles. The van der Waals surface area contributed by atoms with Crippen molar-refractivity contribution in [3.05, 3.63) is 44.5 Å². The minimum atomic E-state index is 0.845. The molecule has 0 atom stereocenters. The third-order valence-corrected chi connectivity index (χ3v) is 1.04. The van der Waals surface area contributed by atoms with Crippen LogP contribution >= 0.6 is 0 Å². The van der Waals surface area contributed by atoms with E-state index in [9.17, 15) is 0 Å². The van der Waals surface area contributed by atoms with Crippen molar-refractivity contribution in [2.24, 2.45) is 0 Å². The van der Waals surface area contributed by atoms with Crippen molar-refractivity contribution in [2.75, 3.05) is 13.1 Å². The predicted octanol–water partition coefficient (Wildman–Crippen LogP) is 2.01. The van der Waals surface area contributed by atoms with Gasteiger partial charge in [0.25, 0.3) is 0 Å². The summed E-state index contributed by atoms with van der Waals surface area (Å²) >= 11 is 0. The van der Waals surface area contributed by atoms with Crippen LogP contribution in [0.2, 0.25) is 0 Å².